The van der Waals surface area contributed by atoms with Gasteiger partial charge in [0.2, 0.25) is 0 Å². The number of carbonyl (C=O) groups is 1. The first-order valence-electron chi connectivity index (χ1n) is 6.90. The molecule has 0 saturated heterocycles. The molecule has 1 aliphatic carbocycles. The van der Waals surface area contributed by atoms with Crippen molar-refractivity contribution in [2.45, 2.75) is 12.8 Å². The average Bonchev–Trinajstić information content (AvgIpc) is 3.02. The Morgan fingerprint density at radius 1 is 1.27 bits per heavy atom. The van der Waals surface area contributed by atoms with E-state index in [1.165, 1.54) is 5.56 Å². The van der Waals surface area contributed by atoms with Gasteiger partial charge in [-0.2, -0.15) is 4.52 Å². The zero-order chi connectivity index (χ0) is 15.3. The molecule has 3 aromatic rings. The molecule has 2 aromatic heterocycles. The van der Waals surface area contributed by atoms with Gasteiger partial charge in [-0.15, -0.1) is 5.10 Å². The fourth-order valence-electron chi connectivity index (χ4n) is 3.01. The molecule has 0 spiro atoms. The summed E-state index contributed by atoms with van der Waals surface area (Å²) >= 11 is 0. The maximum atomic E-state index is 11.6. The Balaban J connectivity index is 2.05. The van der Waals surface area contributed by atoms with E-state index in [2.05, 4.69) is 15.5 Å². The maximum absolute atomic E-state index is 11.6. The number of rotatable bonds is 2. The van der Waals surface area contributed by atoms with Crippen LogP contribution in [0.25, 0.3) is 16.9 Å². The van der Waals surface area contributed by atoms with Gasteiger partial charge in [-0.3, -0.25) is 4.79 Å². The summed E-state index contributed by atoms with van der Waals surface area (Å²) in [5, 5.41) is 11.7. The molecule has 0 fully saturated rings. The third-order valence-corrected chi connectivity index (χ3v) is 4.04. The van der Waals surface area contributed by atoms with Crippen LogP contribution in [-0.4, -0.2) is 33.1 Å². The monoisotopic (exact) mass is 295 g/mol. The predicted octanol–water partition coefficient (Wildman–Crippen LogP) is 0.997. The van der Waals surface area contributed by atoms with Gasteiger partial charge in [0, 0.05) is 5.56 Å². The molecule has 110 valence electrons. The van der Waals surface area contributed by atoms with Crippen LogP contribution in [0.1, 0.15) is 21.5 Å². The smallest absolute Gasteiger partial charge is 0.252 e. The van der Waals surface area contributed by atoms with Crippen molar-refractivity contribution in [1.29, 1.82) is 0 Å². The van der Waals surface area contributed by atoms with E-state index < -0.39 is 5.91 Å². The van der Waals surface area contributed by atoms with Crippen LogP contribution in [0, 0.1) is 0 Å². The molecule has 7 nitrogen and oxygen atoms in total. The van der Waals surface area contributed by atoms with Crippen LogP contribution in [0.15, 0.2) is 24.3 Å². The van der Waals surface area contributed by atoms with Crippen LogP contribution >= 0.6 is 0 Å². The first kappa shape index (κ1) is 12.8. The van der Waals surface area contributed by atoms with E-state index in [1.54, 1.807) is 17.7 Å². The number of primary amides is 1. The Labute approximate surface area is 125 Å². The molecule has 2 heterocycles. The van der Waals surface area contributed by atoms with Crippen molar-refractivity contribution in [2.24, 2.45) is 5.73 Å². The summed E-state index contributed by atoms with van der Waals surface area (Å²) in [7, 11) is 1.65. The average molecular weight is 295 g/mol. The van der Waals surface area contributed by atoms with Crippen molar-refractivity contribution in [2.75, 3.05) is 7.11 Å². The number of carbonyl (C=O) groups excluding carboxylic acids is 1. The van der Waals surface area contributed by atoms with Gasteiger partial charge in [0.1, 0.15) is 5.75 Å². The van der Waals surface area contributed by atoms with E-state index in [0.717, 1.165) is 35.4 Å². The standard InChI is InChI=1S/C15H13N5O2/c1-22-10-4-5-11-8(6-10)2-3-9-7-12(14(16)21)15-17-18-19-20(15)13(9)11/h4-7H,2-3H2,1H3,(H2,16,21). The molecule has 4 rings (SSSR count). The van der Waals surface area contributed by atoms with Gasteiger partial charge in [0.05, 0.1) is 18.4 Å². The second kappa shape index (κ2) is 4.52. The number of methoxy groups -OCH3 is 1. The second-order valence-corrected chi connectivity index (χ2v) is 5.23. The molecular formula is C15H13N5O2. The molecule has 0 saturated carbocycles. The van der Waals surface area contributed by atoms with Crippen LogP contribution in [0.5, 0.6) is 5.75 Å². The van der Waals surface area contributed by atoms with Crippen LogP contribution in [0.2, 0.25) is 0 Å². The quantitative estimate of drug-likeness (QED) is 0.761. The Morgan fingerprint density at radius 3 is 2.86 bits per heavy atom. The molecule has 7 heteroatoms. The van der Waals surface area contributed by atoms with Gasteiger partial charge in [0.25, 0.3) is 5.91 Å². The molecule has 0 radical (unpaired) electrons. The molecular weight excluding hydrogens is 282 g/mol. The number of hydrogen-bond donors (Lipinski definition) is 1. The Kier molecular flexibility index (Phi) is 2.62. The van der Waals surface area contributed by atoms with E-state index in [0.29, 0.717) is 11.2 Å². The number of tetrazole rings is 1. The SMILES string of the molecule is COc1ccc2c(c1)CCc1cc(C(N)=O)c3nnnn3c1-2. The van der Waals surface area contributed by atoms with Crippen LogP contribution < -0.4 is 10.5 Å². The number of hydrogen-bond acceptors (Lipinski definition) is 5. The minimum Gasteiger partial charge on any atom is -0.497 e. The zero-order valence-corrected chi connectivity index (χ0v) is 11.9. The van der Waals surface area contributed by atoms with Gasteiger partial charge >= 0.3 is 0 Å². The summed E-state index contributed by atoms with van der Waals surface area (Å²) in [5.74, 6) is 0.298. The number of aryl methyl sites for hydroxylation is 2. The topological polar surface area (TPSA) is 95.4 Å². The normalized spacial score (nSPS) is 12.8. The van der Waals surface area contributed by atoms with Crippen LogP contribution in [0.4, 0.5) is 0 Å². The molecule has 1 aliphatic rings. The molecule has 0 unspecified atom stereocenters. The van der Waals surface area contributed by atoms with E-state index in [1.807, 2.05) is 18.2 Å². The summed E-state index contributed by atoms with van der Waals surface area (Å²) in [6, 6.07) is 7.73. The molecule has 1 aromatic carbocycles. The lowest BCUT2D eigenvalue weighted by molar-refractivity contribution is 0.100. The molecule has 0 bridgehead atoms. The van der Waals surface area contributed by atoms with Crippen molar-refractivity contribution in [3.8, 4) is 17.0 Å². The van der Waals surface area contributed by atoms with E-state index in [9.17, 15) is 4.79 Å². The number of aromatic nitrogens is 4. The highest BCUT2D eigenvalue weighted by Gasteiger charge is 2.24. The van der Waals surface area contributed by atoms with Crippen molar-refractivity contribution >= 4 is 11.6 Å². The minimum atomic E-state index is -0.525. The van der Waals surface area contributed by atoms with Crippen LogP contribution in [-0.2, 0) is 12.8 Å². The lowest BCUT2D eigenvalue weighted by Gasteiger charge is -2.21. The Bertz CT molecular complexity index is 916. The molecule has 1 amide bonds. The van der Waals surface area contributed by atoms with Crippen molar-refractivity contribution in [3.63, 3.8) is 0 Å². The zero-order valence-electron chi connectivity index (χ0n) is 11.9. The van der Waals surface area contributed by atoms with Crippen molar-refractivity contribution in [3.05, 3.63) is 41.0 Å². The Morgan fingerprint density at radius 2 is 2.09 bits per heavy atom. The van der Waals surface area contributed by atoms with Crippen molar-refractivity contribution < 1.29 is 9.53 Å². The number of nitrogens with zero attached hydrogens (tertiary/aromatic N) is 4. The summed E-state index contributed by atoms with van der Waals surface area (Å²) < 4.78 is 6.88. The predicted molar refractivity (Wildman–Crippen MR) is 78.7 cm³/mol. The summed E-state index contributed by atoms with van der Waals surface area (Å²) in [6.45, 7) is 0. The van der Waals surface area contributed by atoms with Gasteiger partial charge in [0.15, 0.2) is 5.65 Å². The van der Waals surface area contributed by atoms with Gasteiger partial charge in [-0.1, -0.05) is 0 Å². The number of fused-ring (bicyclic) bond motifs is 5. The summed E-state index contributed by atoms with van der Waals surface area (Å²) in [6.07, 6.45) is 1.66. The second-order valence-electron chi connectivity index (χ2n) is 5.23. The number of benzene rings is 1. The minimum absolute atomic E-state index is 0.348. The lowest BCUT2D eigenvalue weighted by Crippen LogP contribution is -2.17. The van der Waals surface area contributed by atoms with Crippen molar-refractivity contribution in [1.82, 2.24) is 20.0 Å². The molecule has 0 aliphatic heterocycles. The highest BCUT2D eigenvalue weighted by molar-refractivity contribution is 5.99. The highest BCUT2D eigenvalue weighted by atomic mass is 16.5. The summed E-state index contributed by atoms with van der Waals surface area (Å²) in [4.78, 5) is 11.6. The third-order valence-electron chi connectivity index (χ3n) is 4.04. The third kappa shape index (κ3) is 1.68. The first-order valence-corrected chi connectivity index (χ1v) is 6.90. The highest BCUT2D eigenvalue weighted by Crippen LogP contribution is 2.36. The lowest BCUT2D eigenvalue weighted by atomic mass is 9.88. The van der Waals surface area contributed by atoms with E-state index >= 15 is 0 Å². The Hall–Kier alpha value is -2.96. The number of amides is 1. The number of nitrogens with two attached hydrogens (primary N) is 1. The molecule has 0 atom stereocenters. The maximum Gasteiger partial charge on any atom is 0.252 e. The summed E-state index contributed by atoms with van der Waals surface area (Å²) in [5.41, 5.74) is 10.3. The molecule has 2 N–H and O–H groups in total. The van der Waals surface area contributed by atoms with Gasteiger partial charge < -0.3 is 10.5 Å². The molecule has 22 heavy (non-hydrogen) atoms. The first-order chi connectivity index (χ1) is 10.7. The van der Waals surface area contributed by atoms with E-state index in [-0.39, 0.29) is 0 Å². The number of ether oxygens (including phenoxy) is 1. The fourth-order valence-corrected chi connectivity index (χ4v) is 3.01. The fraction of sp³-hybridized carbons (Fsp3) is 0.200. The van der Waals surface area contributed by atoms with Gasteiger partial charge in [-0.25, -0.2) is 0 Å². The van der Waals surface area contributed by atoms with Crippen LogP contribution in [0.3, 0.4) is 0 Å². The van der Waals surface area contributed by atoms with E-state index in [4.69, 9.17) is 10.5 Å². The largest absolute Gasteiger partial charge is 0.497 e. The number of pyridine rings is 1. The van der Waals surface area contributed by atoms with Gasteiger partial charge in [-0.05, 0) is 58.7 Å².